The zero-order valence-electron chi connectivity index (χ0n) is 12.7. The molecular weight excluding hydrogens is 382 g/mol. The van der Waals surface area contributed by atoms with Crippen molar-refractivity contribution >= 4 is 57.9 Å². The average molecular weight is 393 g/mol. The van der Waals surface area contributed by atoms with E-state index in [4.69, 9.17) is 28.2 Å². The molecule has 1 amide bonds. The summed E-state index contributed by atoms with van der Waals surface area (Å²) in [5.74, 6) is -0.500. The highest BCUT2D eigenvalue weighted by atomic mass is 35.5. The Labute approximate surface area is 158 Å². The highest BCUT2D eigenvalue weighted by molar-refractivity contribution is 8.26. The molecule has 1 aliphatic rings. The minimum atomic E-state index is -1.23. The number of carbonyl (C=O) groups excluding carboxylic acids is 2. The van der Waals surface area contributed by atoms with Gasteiger partial charge in [-0.05, 0) is 24.3 Å². The summed E-state index contributed by atoms with van der Waals surface area (Å²) in [5, 5.41) is 11.1. The summed E-state index contributed by atoms with van der Waals surface area (Å²) < 4.78 is 6.05. The molecule has 0 atom stereocenters. The van der Waals surface area contributed by atoms with Gasteiger partial charge < -0.3 is 14.3 Å². The smallest absolute Gasteiger partial charge is 0.266 e. The molecule has 0 radical (unpaired) electrons. The Hall–Kier alpha value is -2.09. The van der Waals surface area contributed by atoms with Crippen LogP contribution in [0.3, 0.4) is 0 Å². The van der Waals surface area contributed by atoms with Crippen LogP contribution in [-0.4, -0.2) is 27.6 Å². The topological polar surface area (TPSA) is 73.6 Å². The van der Waals surface area contributed by atoms with Crippen molar-refractivity contribution in [2.45, 2.75) is 6.42 Å². The number of halogens is 1. The van der Waals surface area contributed by atoms with Crippen LogP contribution in [-0.2, 0) is 9.59 Å². The maximum Gasteiger partial charge on any atom is 0.266 e. The number of hydrogen-bond donors (Lipinski definition) is 0. The van der Waals surface area contributed by atoms with Crippen LogP contribution in [0.15, 0.2) is 45.7 Å². The number of hydrogen-bond acceptors (Lipinski definition) is 6. The fourth-order valence-corrected chi connectivity index (χ4v) is 3.78. The number of carboxylic acid groups (broad SMARTS) is 1. The molecule has 0 spiro atoms. The molecule has 5 nitrogen and oxygen atoms in total. The van der Waals surface area contributed by atoms with Crippen molar-refractivity contribution in [1.29, 1.82) is 0 Å². The maximum absolute atomic E-state index is 12.3. The molecule has 1 saturated heterocycles. The minimum Gasteiger partial charge on any atom is -0.550 e. The summed E-state index contributed by atoms with van der Waals surface area (Å²) in [6.45, 7) is -0.00658. The molecule has 0 aliphatic carbocycles. The van der Waals surface area contributed by atoms with Crippen molar-refractivity contribution in [3.8, 4) is 11.3 Å². The number of carboxylic acids is 1. The van der Waals surface area contributed by atoms with E-state index in [-0.39, 0.29) is 18.9 Å². The number of amides is 1. The molecule has 128 valence electrons. The second-order valence-electron chi connectivity index (χ2n) is 5.14. The SMILES string of the molecule is O=C([O-])CCN1C(=O)/C(=C\c2ccc(-c3ccccc3Cl)o2)SC1=S. The molecule has 2 aromatic rings. The van der Waals surface area contributed by atoms with Gasteiger partial charge >= 0.3 is 0 Å². The van der Waals surface area contributed by atoms with E-state index < -0.39 is 5.97 Å². The van der Waals surface area contributed by atoms with Crippen LogP contribution < -0.4 is 5.11 Å². The van der Waals surface area contributed by atoms with Gasteiger partial charge in [-0.2, -0.15) is 0 Å². The molecule has 3 rings (SSSR count). The third-order valence-electron chi connectivity index (χ3n) is 3.45. The van der Waals surface area contributed by atoms with Gasteiger partial charge in [0.05, 0.1) is 9.93 Å². The molecule has 1 fully saturated rings. The van der Waals surface area contributed by atoms with E-state index in [1.165, 1.54) is 4.90 Å². The molecule has 1 aliphatic heterocycles. The van der Waals surface area contributed by atoms with Gasteiger partial charge in [0.15, 0.2) is 0 Å². The number of benzene rings is 1. The van der Waals surface area contributed by atoms with Crippen molar-refractivity contribution in [1.82, 2.24) is 4.90 Å². The lowest BCUT2D eigenvalue weighted by atomic mass is 10.2. The molecule has 0 saturated carbocycles. The first-order valence-corrected chi connectivity index (χ1v) is 8.86. The van der Waals surface area contributed by atoms with Gasteiger partial charge in [0.2, 0.25) is 0 Å². The first kappa shape index (κ1) is 17.7. The summed E-state index contributed by atoms with van der Waals surface area (Å²) in [6, 6.07) is 10.8. The largest absolute Gasteiger partial charge is 0.550 e. The van der Waals surface area contributed by atoms with Gasteiger partial charge in [-0.25, -0.2) is 0 Å². The van der Waals surface area contributed by atoms with E-state index in [9.17, 15) is 14.7 Å². The average Bonchev–Trinajstić information content (AvgIpc) is 3.12. The number of furan rings is 1. The lowest BCUT2D eigenvalue weighted by Gasteiger charge is -2.14. The fourth-order valence-electron chi connectivity index (χ4n) is 2.26. The molecule has 0 bridgehead atoms. The number of thiocarbonyl (C=S) groups is 1. The molecule has 25 heavy (non-hydrogen) atoms. The van der Waals surface area contributed by atoms with Gasteiger partial charge in [-0.1, -0.05) is 47.7 Å². The Bertz CT molecular complexity index is 890. The van der Waals surface area contributed by atoms with E-state index in [0.717, 1.165) is 17.3 Å². The van der Waals surface area contributed by atoms with Crippen molar-refractivity contribution in [3.05, 3.63) is 52.1 Å². The zero-order valence-corrected chi connectivity index (χ0v) is 15.1. The van der Waals surface area contributed by atoms with Crippen LogP contribution >= 0.6 is 35.6 Å². The molecule has 0 N–H and O–H groups in total. The van der Waals surface area contributed by atoms with Crippen LogP contribution in [0.2, 0.25) is 5.02 Å². The lowest BCUT2D eigenvalue weighted by molar-refractivity contribution is -0.305. The summed E-state index contributed by atoms with van der Waals surface area (Å²) in [4.78, 5) is 24.5. The van der Waals surface area contributed by atoms with Crippen LogP contribution in [0.25, 0.3) is 17.4 Å². The first-order chi connectivity index (χ1) is 12.0. The van der Waals surface area contributed by atoms with Crippen LogP contribution in [0, 0.1) is 0 Å². The second-order valence-corrected chi connectivity index (χ2v) is 7.22. The summed E-state index contributed by atoms with van der Waals surface area (Å²) in [5.41, 5.74) is 0.755. The van der Waals surface area contributed by atoms with Gasteiger partial charge in [0.1, 0.15) is 15.8 Å². The van der Waals surface area contributed by atoms with Crippen molar-refractivity contribution in [3.63, 3.8) is 0 Å². The van der Waals surface area contributed by atoms with Crippen molar-refractivity contribution < 1.29 is 19.1 Å². The van der Waals surface area contributed by atoms with Crippen LogP contribution in [0.5, 0.6) is 0 Å². The third kappa shape index (κ3) is 3.95. The molecule has 1 aromatic carbocycles. The van der Waals surface area contributed by atoms with E-state index in [1.807, 2.05) is 18.2 Å². The van der Waals surface area contributed by atoms with Gasteiger partial charge in [0, 0.05) is 30.6 Å². The van der Waals surface area contributed by atoms with E-state index in [0.29, 0.717) is 25.8 Å². The maximum atomic E-state index is 12.3. The Morgan fingerprint density at radius 3 is 2.80 bits per heavy atom. The summed E-state index contributed by atoms with van der Waals surface area (Å²) >= 11 is 12.4. The van der Waals surface area contributed by atoms with Crippen molar-refractivity contribution in [2.24, 2.45) is 0 Å². The van der Waals surface area contributed by atoms with Gasteiger partial charge in [-0.3, -0.25) is 9.69 Å². The number of aliphatic carboxylic acids is 1. The highest BCUT2D eigenvalue weighted by Crippen LogP contribution is 2.34. The Morgan fingerprint density at radius 1 is 1.32 bits per heavy atom. The zero-order chi connectivity index (χ0) is 18.0. The first-order valence-electron chi connectivity index (χ1n) is 7.25. The molecule has 1 aromatic heterocycles. The van der Waals surface area contributed by atoms with Crippen molar-refractivity contribution in [2.75, 3.05) is 6.54 Å². The van der Waals surface area contributed by atoms with Gasteiger partial charge in [0.25, 0.3) is 5.91 Å². The Morgan fingerprint density at radius 2 is 2.08 bits per heavy atom. The normalized spacial score (nSPS) is 16.0. The lowest BCUT2D eigenvalue weighted by Crippen LogP contribution is -2.33. The third-order valence-corrected chi connectivity index (χ3v) is 5.16. The number of thioether (sulfide) groups is 1. The predicted molar refractivity (Wildman–Crippen MR) is 98.7 cm³/mol. The summed E-state index contributed by atoms with van der Waals surface area (Å²) in [7, 11) is 0. The monoisotopic (exact) mass is 392 g/mol. The highest BCUT2D eigenvalue weighted by Gasteiger charge is 2.31. The molecule has 2 heterocycles. The molecule has 0 unspecified atom stereocenters. The Balaban J connectivity index is 1.80. The van der Waals surface area contributed by atoms with E-state index in [2.05, 4.69) is 0 Å². The van der Waals surface area contributed by atoms with Crippen LogP contribution in [0.1, 0.15) is 12.2 Å². The molecule has 8 heteroatoms. The predicted octanol–water partition coefficient (Wildman–Crippen LogP) is 2.94. The number of carbonyl (C=O) groups is 2. The minimum absolute atomic E-state index is 0.00658. The number of rotatable bonds is 5. The van der Waals surface area contributed by atoms with Crippen LogP contribution in [0.4, 0.5) is 0 Å². The van der Waals surface area contributed by atoms with E-state index in [1.54, 1.807) is 24.3 Å². The van der Waals surface area contributed by atoms with E-state index >= 15 is 0 Å². The standard InChI is InChI=1S/C17H12ClNO4S2/c18-12-4-2-1-3-11(12)13-6-5-10(23-13)9-14-16(22)19(17(24)25-14)8-7-15(20)21/h1-6,9H,7-8H2,(H,20,21)/p-1/b14-9+. The Kier molecular flexibility index (Phi) is 5.27. The molecular formula is C17H11ClNO4S2-. The second kappa shape index (κ2) is 7.43. The summed E-state index contributed by atoms with van der Waals surface area (Å²) in [6.07, 6.45) is 1.32. The fraction of sp³-hybridized carbons (Fsp3) is 0.118. The van der Waals surface area contributed by atoms with Gasteiger partial charge in [-0.15, -0.1) is 0 Å². The quantitative estimate of drug-likeness (QED) is 0.575. The number of nitrogens with zero attached hydrogens (tertiary/aromatic N) is 1.